The molecule has 0 saturated heterocycles. The quantitative estimate of drug-likeness (QED) is 0.0213. The Labute approximate surface area is 345 Å². The number of phosphoric acid groups is 1. The van der Waals surface area contributed by atoms with Gasteiger partial charge in [-0.3, -0.25) is 18.6 Å². The molecular formula is C46H89NO8P+. The monoisotopic (exact) mass is 815 g/mol. The van der Waals surface area contributed by atoms with E-state index in [0.29, 0.717) is 23.9 Å². The normalized spacial score (nSPS) is 13.8. The largest absolute Gasteiger partial charge is 0.472 e. The molecule has 0 spiro atoms. The molecule has 0 aliphatic rings. The molecule has 0 saturated carbocycles. The maximum absolute atomic E-state index is 12.7. The highest BCUT2D eigenvalue weighted by Crippen LogP contribution is 2.43. The molecular weight excluding hydrogens is 725 g/mol. The van der Waals surface area contributed by atoms with Crippen molar-refractivity contribution in [3.05, 3.63) is 24.3 Å². The van der Waals surface area contributed by atoms with Crippen LogP contribution in [0.2, 0.25) is 0 Å². The molecule has 0 bridgehead atoms. The van der Waals surface area contributed by atoms with Gasteiger partial charge in [0.1, 0.15) is 19.8 Å². The Morgan fingerprint density at radius 3 is 1.45 bits per heavy atom. The molecule has 0 aromatic rings. The lowest BCUT2D eigenvalue weighted by Crippen LogP contribution is -2.37. The van der Waals surface area contributed by atoms with Gasteiger partial charge < -0.3 is 18.9 Å². The molecule has 1 unspecified atom stereocenters. The van der Waals surface area contributed by atoms with E-state index >= 15 is 0 Å². The van der Waals surface area contributed by atoms with Crippen molar-refractivity contribution in [2.24, 2.45) is 0 Å². The Kier molecular flexibility index (Phi) is 37.9. The Hall–Kier alpha value is -1.51. The van der Waals surface area contributed by atoms with Gasteiger partial charge in [0.2, 0.25) is 0 Å². The van der Waals surface area contributed by atoms with Crippen molar-refractivity contribution in [3.8, 4) is 0 Å². The van der Waals surface area contributed by atoms with Crippen LogP contribution in [0.3, 0.4) is 0 Å². The van der Waals surface area contributed by atoms with Crippen molar-refractivity contribution < 1.29 is 42.1 Å². The van der Waals surface area contributed by atoms with Crippen LogP contribution in [-0.2, 0) is 32.7 Å². The Bertz CT molecular complexity index is 1010. The molecule has 0 amide bonds. The van der Waals surface area contributed by atoms with E-state index in [0.717, 1.165) is 44.9 Å². The van der Waals surface area contributed by atoms with Crippen LogP contribution in [0.5, 0.6) is 0 Å². The number of phosphoric ester groups is 1. The van der Waals surface area contributed by atoms with Crippen molar-refractivity contribution in [2.45, 2.75) is 213 Å². The Morgan fingerprint density at radius 1 is 0.554 bits per heavy atom. The lowest BCUT2D eigenvalue weighted by Gasteiger charge is -2.24. The number of unbranched alkanes of at least 4 members (excludes halogenated alkanes) is 24. The summed E-state index contributed by atoms with van der Waals surface area (Å²) in [6, 6.07) is 0. The lowest BCUT2D eigenvalue weighted by molar-refractivity contribution is -0.870. The van der Waals surface area contributed by atoms with E-state index in [1.54, 1.807) is 0 Å². The molecule has 0 heterocycles. The first-order valence-electron chi connectivity index (χ1n) is 23.1. The van der Waals surface area contributed by atoms with E-state index < -0.39 is 26.5 Å². The van der Waals surface area contributed by atoms with Gasteiger partial charge in [0.25, 0.3) is 0 Å². The summed E-state index contributed by atoms with van der Waals surface area (Å²) < 4.78 is 34.3. The number of esters is 2. The summed E-state index contributed by atoms with van der Waals surface area (Å²) in [7, 11) is 1.48. The third-order valence-electron chi connectivity index (χ3n) is 9.98. The summed E-state index contributed by atoms with van der Waals surface area (Å²) >= 11 is 0. The standard InChI is InChI=1S/C46H88NO8P/c1-6-8-10-12-14-16-18-20-21-22-23-24-25-27-29-31-33-35-37-39-46(49)55-44(43-54-56(50,51)53-41-40-47(3,4)5)42-52-45(48)38-36-34-32-30-28-26-19-17-15-13-11-9-7-2/h14,16,20-21,44H,6-13,15,17-19,22-43H2,1-5H3/p+1/b16-14+,21-20+/t44-/m1/s1. The van der Waals surface area contributed by atoms with E-state index in [1.807, 2.05) is 21.1 Å². The average Bonchev–Trinajstić information content (AvgIpc) is 3.15. The van der Waals surface area contributed by atoms with Crippen molar-refractivity contribution in [3.63, 3.8) is 0 Å². The van der Waals surface area contributed by atoms with E-state index in [9.17, 15) is 19.0 Å². The molecule has 10 heteroatoms. The number of rotatable bonds is 42. The van der Waals surface area contributed by atoms with E-state index in [4.69, 9.17) is 18.5 Å². The highest BCUT2D eigenvalue weighted by Gasteiger charge is 2.27. The summed E-state index contributed by atoms with van der Waals surface area (Å²) in [6.45, 7) is 4.41. The maximum Gasteiger partial charge on any atom is 0.472 e. The van der Waals surface area contributed by atoms with Crippen LogP contribution < -0.4 is 0 Å². The van der Waals surface area contributed by atoms with Gasteiger partial charge in [-0.05, 0) is 44.9 Å². The van der Waals surface area contributed by atoms with Crippen molar-refractivity contribution in [1.29, 1.82) is 0 Å². The number of quaternary nitrogens is 1. The number of hydrogen-bond donors (Lipinski definition) is 1. The number of carbonyl (C=O) groups is 2. The number of carbonyl (C=O) groups excluding carboxylic acids is 2. The molecule has 0 aromatic heterocycles. The summed E-state index contributed by atoms with van der Waals surface area (Å²) in [4.78, 5) is 35.4. The Morgan fingerprint density at radius 2 is 0.964 bits per heavy atom. The third-order valence-corrected chi connectivity index (χ3v) is 11.0. The minimum atomic E-state index is -4.37. The van der Waals surface area contributed by atoms with Gasteiger partial charge in [0.05, 0.1) is 27.7 Å². The molecule has 0 aliphatic carbocycles. The number of hydrogen-bond acceptors (Lipinski definition) is 7. The fourth-order valence-electron chi connectivity index (χ4n) is 6.34. The van der Waals surface area contributed by atoms with Gasteiger partial charge in [-0.1, -0.05) is 173 Å². The number of nitrogens with zero attached hydrogens (tertiary/aromatic N) is 1. The second kappa shape index (κ2) is 39.0. The second-order valence-corrected chi connectivity index (χ2v) is 18.2. The fourth-order valence-corrected chi connectivity index (χ4v) is 7.08. The summed E-state index contributed by atoms with van der Waals surface area (Å²) in [5.41, 5.74) is 0. The zero-order valence-corrected chi connectivity index (χ0v) is 38.0. The lowest BCUT2D eigenvalue weighted by atomic mass is 10.0. The van der Waals surface area contributed by atoms with Crippen LogP contribution in [0.15, 0.2) is 24.3 Å². The van der Waals surface area contributed by atoms with E-state index in [2.05, 4.69) is 38.2 Å². The first-order chi connectivity index (χ1) is 27.0. The van der Waals surface area contributed by atoms with Crippen LogP contribution >= 0.6 is 7.82 Å². The average molecular weight is 815 g/mol. The van der Waals surface area contributed by atoms with Gasteiger partial charge in [-0.15, -0.1) is 0 Å². The topological polar surface area (TPSA) is 108 Å². The Balaban J connectivity index is 4.30. The highest BCUT2D eigenvalue weighted by molar-refractivity contribution is 7.47. The summed E-state index contributed by atoms with van der Waals surface area (Å²) in [6.07, 6.45) is 42.2. The van der Waals surface area contributed by atoms with Crippen LogP contribution in [-0.4, -0.2) is 74.9 Å². The molecule has 1 N–H and O–H groups in total. The molecule has 2 atom stereocenters. The number of allylic oxidation sites excluding steroid dienone is 4. The maximum atomic E-state index is 12.7. The van der Waals surface area contributed by atoms with Crippen LogP contribution in [0.1, 0.15) is 206 Å². The van der Waals surface area contributed by atoms with E-state index in [-0.39, 0.29) is 25.6 Å². The fraction of sp³-hybridized carbons (Fsp3) is 0.870. The highest BCUT2D eigenvalue weighted by atomic mass is 31.2. The van der Waals surface area contributed by atoms with Crippen molar-refractivity contribution in [1.82, 2.24) is 0 Å². The van der Waals surface area contributed by atoms with Gasteiger partial charge in [-0.25, -0.2) is 4.57 Å². The molecule has 56 heavy (non-hydrogen) atoms. The number of ether oxygens (including phenoxy) is 2. The third kappa shape index (κ3) is 42.1. The van der Waals surface area contributed by atoms with Gasteiger partial charge in [0.15, 0.2) is 6.10 Å². The smallest absolute Gasteiger partial charge is 0.462 e. The minimum absolute atomic E-state index is 0.0328. The second-order valence-electron chi connectivity index (χ2n) is 16.8. The van der Waals surface area contributed by atoms with Gasteiger partial charge in [0, 0.05) is 12.8 Å². The molecule has 0 radical (unpaired) electrons. The van der Waals surface area contributed by atoms with E-state index in [1.165, 1.54) is 128 Å². The van der Waals surface area contributed by atoms with Gasteiger partial charge in [-0.2, -0.15) is 0 Å². The first-order valence-corrected chi connectivity index (χ1v) is 24.6. The molecule has 0 aliphatic heterocycles. The van der Waals surface area contributed by atoms with Crippen LogP contribution in [0, 0.1) is 0 Å². The molecule has 330 valence electrons. The van der Waals surface area contributed by atoms with Crippen molar-refractivity contribution in [2.75, 3.05) is 47.5 Å². The summed E-state index contributed by atoms with van der Waals surface area (Å²) in [5, 5.41) is 0. The van der Waals surface area contributed by atoms with Gasteiger partial charge >= 0.3 is 19.8 Å². The number of likely N-dealkylation sites (N-methyl/N-ethyl adjacent to an activating group) is 1. The summed E-state index contributed by atoms with van der Waals surface area (Å²) in [5.74, 6) is -0.796. The first kappa shape index (κ1) is 54.5. The van der Waals surface area contributed by atoms with Crippen LogP contribution in [0.25, 0.3) is 0 Å². The minimum Gasteiger partial charge on any atom is -0.462 e. The predicted octanol–water partition coefficient (Wildman–Crippen LogP) is 13.1. The SMILES string of the molecule is CCCCC/C=C/C/C=C/CCCCCCCCCCCC(=O)O[C@H](COC(=O)CCCCCCCCCCCCCCC)COP(=O)(O)OCC[N+](C)(C)C. The molecule has 0 rings (SSSR count). The molecule has 9 nitrogen and oxygen atoms in total. The van der Waals surface area contributed by atoms with Crippen molar-refractivity contribution >= 4 is 19.8 Å². The van der Waals surface area contributed by atoms with Crippen LogP contribution in [0.4, 0.5) is 0 Å². The zero-order valence-electron chi connectivity index (χ0n) is 37.1. The zero-order chi connectivity index (χ0) is 41.4. The molecule has 0 fully saturated rings. The predicted molar refractivity (Wildman–Crippen MR) is 234 cm³/mol. The molecule has 0 aromatic carbocycles.